The van der Waals surface area contributed by atoms with Crippen LogP contribution in [0.15, 0.2) is 30.3 Å². The van der Waals surface area contributed by atoms with Crippen LogP contribution in [0.25, 0.3) is 0 Å². The molecule has 0 spiro atoms. The largest absolute Gasteiger partial charge is 0.387 e. The van der Waals surface area contributed by atoms with Crippen molar-refractivity contribution in [3.05, 3.63) is 35.9 Å². The van der Waals surface area contributed by atoms with Gasteiger partial charge in [0.2, 0.25) is 0 Å². The van der Waals surface area contributed by atoms with E-state index in [0.717, 1.165) is 13.0 Å². The van der Waals surface area contributed by atoms with Gasteiger partial charge >= 0.3 is 0 Å². The lowest BCUT2D eigenvalue weighted by Gasteiger charge is -2.30. The molecule has 3 aliphatic heterocycles. The van der Waals surface area contributed by atoms with Gasteiger partial charge in [-0.15, -0.1) is 0 Å². The molecule has 5 nitrogen and oxygen atoms in total. The van der Waals surface area contributed by atoms with Crippen molar-refractivity contribution < 1.29 is 19.3 Å². The van der Waals surface area contributed by atoms with Crippen LogP contribution in [0.1, 0.15) is 38.3 Å². The van der Waals surface area contributed by atoms with Crippen molar-refractivity contribution in [1.29, 1.82) is 0 Å². The van der Waals surface area contributed by atoms with Crippen LogP contribution in [-0.4, -0.2) is 53.5 Å². The molecule has 0 radical (unpaired) electrons. The number of hydrogen-bond acceptors (Lipinski definition) is 5. The Balaban J connectivity index is 1.43. The second-order valence-corrected chi connectivity index (χ2v) is 7.20. The Morgan fingerprint density at radius 1 is 1.22 bits per heavy atom. The van der Waals surface area contributed by atoms with Crippen molar-refractivity contribution in [1.82, 2.24) is 4.90 Å². The lowest BCUT2D eigenvalue weighted by atomic mass is 10.0. The molecule has 4 rings (SSSR count). The summed E-state index contributed by atoms with van der Waals surface area (Å²) in [6.45, 7) is 5.44. The number of nitrogens with zero attached hydrogens (tertiary/aromatic N) is 1. The van der Waals surface area contributed by atoms with Crippen LogP contribution >= 0.6 is 0 Å². The van der Waals surface area contributed by atoms with Crippen molar-refractivity contribution in [3.8, 4) is 0 Å². The summed E-state index contributed by atoms with van der Waals surface area (Å²) in [5, 5.41) is 10.6. The van der Waals surface area contributed by atoms with Gasteiger partial charge in [-0.2, -0.15) is 0 Å². The molecule has 1 aromatic carbocycles. The molecule has 0 saturated carbocycles. The lowest BCUT2D eigenvalue weighted by molar-refractivity contribution is -0.216. The maximum Gasteiger partial charge on any atom is 0.190 e. The second kappa shape index (κ2) is 5.83. The predicted molar refractivity (Wildman–Crippen MR) is 84.7 cm³/mol. The van der Waals surface area contributed by atoms with Crippen molar-refractivity contribution >= 4 is 0 Å². The number of aliphatic hydroxyl groups is 1. The zero-order chi connectivity index (χ0) is 16.0. The third-order valence-corrected chi connectivity index (χ3v) is 5.08. The number of ether oxygens (including phenoxy) is 3. The van der Waals surface area contributed by atoms with Crippen LogP contribution in [0, 0.1) is 0 Å². The standard InChI is InChI=1S/C18H25NO4/c1-18(2)22-16-15(20)14(21-17(16)23-18)11-19-10-6-9-13(19)12-7-4-3-5-8-12/h3-5,7-8,13-17,20H,6,9-11H2,1-2H3/t13-,14-,15+,16-,17-/m1/s1. The second-order valence-electron chi connectivity index (χ2n) is 7.20. The summed E-state index contributed by atoms with van der Waals surface area (Å²) >= 11 is 0. The highest BCUT2D eigenvalue weighted by molar-refractivity contribution is 5.20. The van der Waals surface area contributed by atoms with E-state index in [1.807, 2.05) is 19.9 Å². The predicted octanol–water partition coefficient (Wildman–Crippen LogP) is 2.06. The van der Waals surface area contributed by atoms with Gasteiger partial charge in [-0.05, 0) is 38.8 Å². The smallest absolute Gasteiger partial charge is 0.190 e. The number of fused-ring (bicyclic) bond motifs is 1. The summed E-state index contributed by atoms with van der Waals surface area (Å²) in [5.74, 6) is -0.679. The van der Waals surface area contributed by atoms with Crippen LogP contribution < -0.4 is 0 Å². The quantitative estimate of drug-likeness (QED) is 0.924. The minimum Gasteiger partial charge on any atom is -0.387 e. The van der Waals surface area contributed by atoms with Gasteiger partial charge in [0.05, 0.1) is 0 Å². The van der Waals surface area contributed by atoms with E-state index in [0.29, 0.717) is 12.6 Å². The summed E-state index contributed by atoms with van der Waals surface area (Å²) < 4.78 is 17.4. The van der Waals surface area contributed by atoms with E-state index < -0.39 is 18.2 Å². The average molecular weight is 319 g/mol. The topological polar surface area (TPSA) is 51.2 Å². The third kappa shape index (κ3) is 2.92. The third-order valence-electron chi connectivity index (χ3n) is 5.08. The van der Waals surface area contributed by atoms with E-state index in [1.165, 1.54) is 12.0 Å². The van der Waals surface area contributed by atoms with Crippen molar-refractivity contribution in [2.24, 2.45) is 0 Å². The molecular weight excluding hydrogens is 294 g/mol. The fraction of sp³-hybridized carbons (Fsp3) is 0.667. The molecule has 0 amide bonds. The summed E-state index contributed by atoms with van der Waals surface area (Å²) in [5.41, 5.74) is 1.34. The van der Waals surface area contributed by atoms with Gasteiger partial charge in [-0.1, -0.05) is 30.3 Å². The normalized spacial score (nSPS) is 39.7. The molecule has 23 heavy (non-hydrogen) atoms. The molecule has 1 aromatic rings. The highest BCUT2D eigenvalue weighted by Crippen LogP contribution is 2.39. The van der Waals surface area contributed by atoms with Crippen molar-refractivity contribution in [2.75, 3.05) is 13.1 Å². The van der Waals surface area contributed by atoms with E-state index in [9.17, 15) is 5.11 Å². The molecule has 0 unspecified atom stereocenters. The van der Waals surface area contributed by atoms with Gasteiger partial charge in [0, 0.05) is 12.6 Å². The average Bonchev–Trinajstić information content (AvgIpc) is 3.17. The Kier molecular flexibility index (Phi) is 3.94. The molecule has 126 valence electrons. The fourth-order valence-corrected chi connectivity index (χ4v) is 4.04. The molecule has 3 saturated heterocycles. The van der Waals surface area contributed by atoms with Crippen LogP contribution in [0.4, 0.5) is 0 Å². The maximum atomic E-state index is 10.6. The molecule has 0 aliphatic carbocycles. The summed E-state index contributed by atoms with van der Waals surface area (Å²) in [7, 11) is 0. The Morgan fingerprint density at radius 3 is 2.74 bits per heavy atom. The van der Waals surface area contributed by atoms with E-state index in [-0.39, 0.29) is 12.2 Å². The zero-order valence-corrected chi connectivity index (χ0v) is 13.7. The molecule has 3 aliphatic rings. The highest BCUT2D eigenvalue weighted by Gasteiger charge is 2.54. The lowest BCUT2D eigenvalue weighted by Crippen LogP contribution is -2.41. The van der Waals surface area contributed by atoms with E-state index in [2.05, 4.69) is 29.2 Å². The Hall–Kier alpha value is -0.980. The first-order chi connectivity index (χ1) is 11.0. The van der Waals surface area contributed by atoms with Gasteiger partial charge in [0.1, 0.15) is 18.3 Å². The maximum absolute atomic E-state index is 10.6. The molecule has 3 heterocycles. The monoisotopic (exact) mass is 319 g/mol. The van der Waals surface area contributed by atoms with Gasteiger partial charge in [-0.25, -0.2) is 0 Å². The van der Waals surface area contributed by atoms with E-state index in [1.54, 1.807) is 0 Å². The first-order valence-corrected chi connectivity index (χ1v) is 8.52. The van der Waals surface area contributed by atoms with E-state index >= 15 is 0 Å². The molecule has 0 aromatic heterocycles. The number of likely N-dealkylation sites (tertiary alicyclic amines) is 1. The number of hydrogen-bond donors (Lipinski definition) is 1. The molecular formula is C18H25NO4. The molecule has 5 atom stereocenters. The zero-order valence-electron chi connectivity index (χ0n) is 13.7. The molecule has 0 bridgehead atoms. The number of rotatable bonds is 3. The Labute approximate surface area is 137 Å². The Bertz CT molecular complexity index is 549. The van der Waals surface area contributed by atoms with Gasteiger partial charge in [0.15, 0.2) is 12.1 Å². The van der Waals surface area contributed by atoms with Gasteiger partial charge < -0.3 is 19.3 Å². The number of aliphatic hydroxyl groups excluding tert-OH is 1. The first kappa shape index (κ1) is 15.5. The van der Waals surface area contributed by atoms with Gasteiger partial charge in [0.25, 0.3) is 0 Å². The molecule has 1 N–H and O–H groups in total. The Morgan fingerprint density at radius 2 is 2.00 bits per heavy atom. The SMILES string of the molecule is CC1(C)O[C@H]2O[C@H](CN3CCC[C@@H]3c3ccccc3)[C@H](O)[C@H]2O1. The summed E-state index contributed by atoms with van der Waals surface area (Å²) in [6.07, 6.45) is 0.592. The van der Waals surface area contributed by atoms with Crippen LogP contribution in [0.3, 0.4) is 0 Å². The number of benzene rings is 1. The van der Waals surface area contributed by atoms with Crippen molar-refractivity contribution in [3.63, 3.8) is 0 Å². The van der Waals surface area contributed by atoms with Crippen LogP contribution in [0.5, 0.6) is 0 Å². The van der Waals surface area contributed by atoms with E-state index in [4.69, 9.17) is 14.2 Å². The molecule has 5 heteroatoms. The first-order valence-electron chi connectivity index (χ1n) is 8.52. The van der Waals surface area contributed by atoms with Crippen LogP contribution in [-0.2, 0) is 14.2 Å². The highest BCUT2D eigenvalue weighted by atomic mass is 16.8. The van der Waals surface area contributed by atoms with Crippen molar-refractivity contribution in [2.45, 2.75) is 63.1 Å². The van der Waals surface area contributed by atoms with Gasteiger partial charge in [-0.3, -0.25) is 4.90 Å². The minimum atomic E-state index is -0.679. The molecule has 3 fully saturated rings. The minimum absolute atomic E-state index is 0.259. The summed E-state index contributed by atoms with van der Waals surface area (Å²) in [4.78, 5) is 2.41. The fourth-order valence-electron chi connectivity index (χ4n) is 4.04. The summed E-state index contributed by atoms with van der Waals surface area (Å²) in [6, 6.07) is 11.0. The van der Waals surface area contributed by atoms with Crippen LogP contribution in [0.2, 0.25) is 0 Å².